The summed E-state index contributed by atoms with van der Waals surface area (Å²) < 4.78 is 5.94. The number of hydrogen-bond donors (Lipinski definition) is 2. The maximum absolute atomic E-state index is 13.1. The number of aliphatic imine (C=N–C) groups is 1. The summed E-state index contributed by atoms with van der Waals surface area (Å²) in [7, 11) is 0. The molecule has 7 heteroatoms. The fourth-order valence-corrected chi connectivity index (χ4v) is 2.90. The van der Waals surface area contributed by atoms with Crippen LogP contribution in [0.25, 0.3) is 16.0 Å². The Kier molecular flexibility index (Phi) is 6.40. The first-order valence-electron chi connectivity index (χ1n) is 8.94. The van der Waals surface area contributed by atoms with Gasteiger partial charge < -0.3 is 10.5 Å². The highest BCUT2D eigenvalue weighted by Gasteiger charge is 2.23. The number of benzene rings is 3. The molecule has 0 fully saturated rings. The van der Waals surface area contributed by atoms with Gasteiger partial charge in [0.15, 0.2) is 5.69 Å². The molecule has 3 aromatic rings. The molecule has 0 bridgehead atoms. The first-order chi connectivity index (χ1) is 14.6. The molecule has 0 spiro atoms. The summed E-state index contributed by atoms with van der Waals surface area (Å²) in [5.74, 6) is -0.685. The van der Waals surface area contributed by atoms with Gasteiger partial charge in [-0.25, -0.2) is 4.85 Å². The van der Waals surface area contributed by atoms with Crippen molar-refractivity contribution in [2.24, 2.45) is 10.7 Å². The van der Waals surface area contributed by atoms with Crippen LogP contribution in [0.1, 0.15) is 15.9 Å². The summed E-state index contributed by atoms with van der Waals surface area (Å²) in [5.41, 5.74) is 8.03. The van der Waals surface area contributed by atoms with E-state index in [0.29, 0.717) is 11.1 Å². The Bertz CT molecular complexity index is 1160. The van der Waals surface area contributed by atoms with Crippen molar-refractivity contribution in [3.63, 3.8) is 0 Å². The maximum atomic E-state index is 13.1. The SMILES string of the molecule is [C-]#[N+]c1ccc(OCc2ccccc2)c(C(=O)NC(N)=NC#N)c1-c1ccccc1. The third kappa shape index (κ3) is 4.61. The van der Waals surface area contributed by atoms with E-state index in [0.717, 1.165) is 5.56 Å². The molecule has 30 heavy (non-hydrogen) atoms. The lowest BCUT2D eigenvalue weighted by Crippen LogP contribution is -2.37. The number of nitrogens with one attached hydrogen (secondary N) is 1. The lowest BCUT2D eigenvalue weighted by atomic mass is 9.96. The van der Waals surface area contributed by atoms with Crippen molar-refractivity contribution in [1.82, 2.24) is 5.32 Å². The van der Waals surface area contributed by atoms with E-state index >= 15 is 0 Å². The highest BCUT2D eigenvalue weighted by atomic mass is 16.5. The first kappa shape index (κ1) is 20.1. The van der Waals surface area contributed by atoms with Crippen LogP contribution < -0.4 is 15.8 Å². The van der Waals surface area contributed by atoms with Gasteiger partial charge in [0.05, 0.1) is 12.1 Å². The first-order valence-corrected chi connectivity index (χ1v) is 8.94. The molecule has 146 valence electrons. The number of ether oxygens (including phenoxy) is 1. The van der Waals surface area contributed by atoms with Gasteiger partial charge in [-0.15, -0.1) is 4.99 Å². The molecule has 0 aromatic heterocycles. The van der Waals surface area contributed by atoms with Crippen molar-refractivity contribution in [1.29, 1.82) is 5.26 Å². The van der Waals surface area contributed by atoms with Gasteiger partial charge in [0.1, 0.15) is 12.4 Å². The number of hydrogen-bond acceptors (Lipinski definition) is 4. The van der Waals surface area contributed by atoms with Gasteiger partial charge in [-0.1, -0.05) is 66.7 Å². The summed E-state index contributed by atoms with van der Waals surface area (Å²) in [4.78, 5) is 20.0. The largest absolute Gasteiger partial charge is 0.488 e. The van der Waals surface area contributed by atoms with Crippen LogP contribution in [0.5, 0.6) is 5.75 Å². The molecule has 3 N–H and O–H groups in total. The molecule has 0 unspecified atom stereocenters. The van der Waals surface area contributed by atoms with Gasteiger partial charge >= 0.3 is 0 Å². The molecule has 7 nitrogen and oxygen atoms in total. The van der Waals surface area contributed by atoms with Crippen LogP contribution in [0.15, 0.2) is 77.8 Å². The van der Waals surface area contributed by atoms with Crippen LogP contribution in [0.2, 0.25) is 0 Å². The van der Waals surface area contributed by atoms with Crippen molar-refractivity contribution in [3.8, 4) is 23.1 Å². The second-order valence-electron chi connectivity index (χ2n) is 6.14. The topological polar surface area (TPSA) is 105 Å². The van der Waals surface area contributed by atoms with Crippen LogP contribution in [0.3, 0.4) is 0 Å². The number of nitrogens with two attached hydrogens (primary N) is 1. The minimum atomic E-state index is -0.626. The number of nitrogens with zero attached hydrogens (tertiary/aromatic N) is 3. The van der Waals surface area contributed by atoms with Crippen LogP contribution in [-0.4, -0.2) is 11.9 Å². The predicted octanol–water partition coefficient (Wildman–Crippen LogP) is 4.01. The molecule has 0 aliphatic rings. The number of guanidine groups is 1. The fourth-order valence-electron chi connectivity index (χ4n) is 2.90. The molecular weight excluding hydrogens is 378 g/mol. The van der Waals surface area contributed by atoms with Gasteiger partial charge in [-0.3, -0.25) is 10.1 Å². The third-order valence-corrected chi connectivity index (χ3v) is 4.20. The zero-order chi connectivity index (χ0) is 21.3. The maximum Gasteiger partial charge on any atom is 0.261 e. The molecule has 0 heterocycles. The van der Waals surface area contributed by atoms with Gasteiger partial charge in [-0.05, 0) is 17.2 Å². The average molecular weight is 395 g/mol. The van der Waals surface area contributed by atoms with Crippen LogP contribution in [0, 0.1) is 18.0 Å². The van der Waals surface area contributed by atoms with E-state index in [9.17, 15) is 4.79 Å². The van der Waals surface area contributed by atoms with Gasteiger partial charge in [0, 0.05) is 5.56 Å². The lowest BCUT2D eigenvalue weighted by Gasteiger charge is -2.17. The molecule has 0 aliphatic carbocycles. The second-order valence-corrected chi connectivity index (χ2v) is 6.14. The monoisotopic (exact) mass is 395 g/mol. The Morgan fingerprint density at radius 2 is 1.77 bits per heavy atom. The predicted molar refractivity (Wildman–Crippen MR) is 114 cm³/mol. The molecule has 3 aromatic carbocycles. The van der Waals surface area contributed by atoms with E-state index in [-0.39, 0.29) is 29.6 Å². The van der Waals surface area contributed by atoms with Crippen molar-refractivity contribution < 1.29 is 9.53 Å². The highest BCUT2D eigenvalue weighted by Crippen LogP contribution is 2.39. The minimum Gasteiger partial charge on any atom is -0.488 e. The third-order valence-electron chi connectivity index (χ3n) is 4.20. The Labute approximate surface area is 173 Å². The minimum absolute atomic E-state index is 0.140. The Morgan fingerprint density at radius 3 is 2.40 bits per heavy atom. The number of carbonyl (C=O) groups is 1. The zero-order valence-corrected chi connectivity index (χ0v) is 15.9. The molecule has 0 atom stereocenters. The lowest BCUT2D eigenvalue weighted by molar-refractivity contribution is 0.0973. The summed E-state index contributed by atoms with van der Waals surface area (Å²) in [6.07, 6.45) is 1.52. The van der Waals surface area contributed by atoms with Crippen LogP contribution >= 0.6 is 0 Å². The molecular formula is C23H17N5O2. The van der Waals surface area contributed by atoms with Gasteiger partial charge in [0.2, 0.25) is 12.2 Å². The molecule has 3 rings (SSSR count). The Balaban J connectivity index is 2.12. The summed E-state index contributed by atoms with van der Waals surface area (Å²) >= 11 is 0. The van der Waals surface area contributed by atoms with E-state index in [4.69, 9.17) is 22.3 Å². The van der Waals surface area contributed by atoms with E-state index in [1.807, 2.05) is 48.5 Å². The molecule has 0 saturated heterocycles. The normalized spacial score (nSPS) is 10.5. The zero-order valence-electron chi connectivity index (χ0n) is 15.9. The van der Waals surface area contributed by atoms with E-state index in [2.05, 4.69) is 15.2 Å². The number of amides is 1. The van der Waals surface area contributed by atoms with Crippen molar-refractivity contribution in [3.05, 3.63) is 95.3 Å². The molecule has 0 saturated carbocycles. The van der Waals surface area contributed by atoms with E-state index < -0.39 is 5.91 Å². The molecule has 0 aliphatic heterocycles. The van der Waals surface area contributed by atoms with E-state index in [1.165, 1.54) is 6.19 Å². The summed E-state index contributed by atoms with van der Waals surface area (Å²) in [6, 6.07) is 21.8. The Hall–Kier alpha value is -4.62. The van der Waals surface area contributed by atoms with Crippen LogP contribution in [0.4, 0.5) is 5.69 Å². The van der Waals surface area contributed by atoms with Crippen molar-refractivity contribution in [2.45, 2.75) is 6.61 Å². The highest BCUT2D eigenvalue weighted by molar-refractivity contribution is 6.12. The summed E-state index contributed by atoms with van der Waals surface area (Å²) in [5, 5.41) is 11.0. The van der Waals surface area contributed by atoms with E-state index in [1.54, 1.807) is 24.3 Å². The fraction of sp³-hybridized carbons (Fsp3) is 0.0435. The average Bonchev–Trinajstić information content (AvgIpc) is 2.78. The number of carbonyl (C=O) groups excluding carboxylic acids is 1. The molecule has 0 radical (unpaired) electrons. The standard InChI is InChI=1S/C23H17N5O2/c1-26-18-12-13-19(30-14-16-8-4-2-5-9-16)21(22(29)28-23(25)27-15-24)20(18)17-10-6-3-7-11-17/h2-13H,14H2,(H3,25,27,28,29). The summed E-state index contributed by atoms with van der Waals surface area (Å²) in [6.45, 7) is 7.78. The second kappa shape index (κ2) is 9.54. The Morgan fingerprint density at radius 1 is 1.10 bits per heavy atom. The molecule has 1 amide bonds. The van der Waals surface area contributed by atoms with Crippen molar-refractivity contribution >= 4 is 17.6 Å². The van der Waals surface area contributed by atoms with Crippen LogP contribution in [-0.2, 0) is 6.61 Å². The quantitative estimate of drug-likeness (QED) is 0.295. The number of rotatable bonds is 5. The van der Waals surface area contributed by atoms with Gasteiger partial charge in [-0.2, -0.15) is 5.26 Å². The van der Waals surface area contributed by atoms with Gasteiger partial charge in [0.25, 0.3) is 5.91 Å². The number of nitriles is 1. The smallest absolute Gasteiger partial charge is 0.261 e. The van der Waals surface area contributed by atoms with Crippen molar-refractivity contribution in [2.75, 3.05) is 0 Å².